The van der Waals surface area contributed by atoms with Gasteiger partial charge in [-0.25, -0.2) is 8.42 Å². The van der Waals surface area contributed by atoms with Gasteiger partial charge in [0.2, 0.25) is 0 Å². The maximum Gasteiger partial charge on any atom is 0.193 e. The number of halogens is 1. The van der Waals surface area contributed by atoms with Crippen molar-refractivity contribution in [1.29, 1.82) is 0 Å². The molecular weight excluding hydrogens is 509 g/mol. The lowest BCUT2D eigenvalue weighted by atomic mass is 9.83. The van der Waals surface area contributed by atoms with Gasteiger partial charge in [-0.15, -0.1) is 35.3 Å². The third-order valence-electron chi connectivity index (χ3n) is 5.03. The molecule has 2 rings (SSSR count). The summed E-state index contributed by atoms with van der Waals surface area (Å²) in [7, 11) is -1.45. The van der Waals surface area contributed by atoms with Crippen LogP contribution in [0.5, 0.6) is 0 Å². The average Bonchev–Trinajstić information content (AvgIpc) is 3.16. The van der Waals surface area contributed by atoms with Crippen LogP contribution in [0.15, 0.2) is 26.7 Å². The first-order chi connectivity index (χ1) is 12.8. The van der Waals surface area contributed by atoms with Gasteiger partial charge in [-0.3, -0.25) is 4.99 Å². The molecule has 0 bridgehead atoms. The molecule has 0 aliphatic heterocycles. The van der Waals surface area contributed by atoms with E-state index >= 15 is 0 Å². The molecule has 0 saturated heterocycles. The molecule has 1 aromatic rings. The molecule has 0 amide bonds. The van der Waals surface area contributed by atoms with Crippen LogP contribution in [0.3, 0.4) is 0 Å². The van der Waals surface area contributed by atoms with Crippen molar-refractivity contribution in [1.82, 2.24) is 10.2 Å². The third-order valence-corrected chi connectivity index (χ3v) is 8.31. The van der Waals surface area contributed by atoms with Crippen molar-refractivity contribution in [3.8, 4) is 0 Å². The molecule has 1 aromatic heterocycles. The summed E-state index contributed by atoms with van der Waals surface area (Å²) in [6.45, 7) is 6.05. The zero-order valence-electron chi connectivity index (χ0n) is 17.0. The van der Waals surface area contributed by atoms with Crippen molar-refractivity contribution in [3.63, 3.8) is 0 Å². The summed E-state index contributed by atoms with van der Waals surface area (Å²) in [5, 5.41) is 15.2. The van der Waals surface area contributed by atoms with Gasteiger partial charge in [-0.2, -0.15) is 0 Å². The molecule has 0 radical (unpaired) electrons. The van der Waals surface area contributed by atoms with Gasteiger partial charge < -0.3 is 15.3 Å². The number of sulfone groups is 1. The van der Waals surface area contributed by atoms with E-state index in [0.29, 0.717) is 10.1 Å². The summed E-state index contributed by atoms with van der Waals surface area (Å²) in [5.41, 5.74) is 0. The van der Waals surface area contributed by atoms with Crippen LogP contribution in [0, 0.1) is 11.8 Å². The van der Waals surface area contributed by atoms with E-state index in [1.165, 1.54) is 37.0 Å². The van der Waals surface area contributed by atoms with Crippen LogP contribution < -0.4 is 5.32 Å². The molecule has 2 N–H and O–H groups in total. The van der Waals surface area contributed by atoms with Crippen LogP contribution in [-0.2, 0) is 9.84 Å². The smallest absolute Gasteiger partial charge is 0.193 e. The van der Waals surface area contributed by atoms with Crippen molar-refractivity contribution in [3.05, 3.63) is 17.5 Å². The van der Waals surface area contributed by atoms with E-state index in [4.69, 9.17) is 0 Å². The third kappa shape index (κ3) is 8.16. The second kappa shape index (κ2) is 12.3. The van der Waals surface area contributed by atoms with Gasteiger partial charge in [-0.05, 0) is 43.0 Å². The molecule has 1 fully saturated rings. The zero-order valence-corrected chi connectivity index (χ0v) is 21.0. The standard InChI is InChI=1S/C19H33N3O3S2.HI/c1-4-20-19(22(3)13-16-9-7-15(2)8-10-16)21-12-17(23)14-27(24,25)18-6-5-11-26-18;/h5-6,11,15-17,23H,4,7-10,12-14H2,1-3H3,(H,20,21);1H. The Kier molecular flexibility index (Phi) is 11.3. The van der Waals surface area contributed by atoms with Crippen molar-refractivity contribution < 1.29 is 13.5 Å². The van der Waals surface area contributed by atoms with E-state index in [0.717, 1.165) is 25.0 Å². The molecule has 1 atom stereocenters. The number of nitrogens with zero attached hydrogens (tertiary/aromatic N) is 2. The van der Waals surface area contributed by atoms with E-state index in [1.807, 2.05) is 14.0 Å². The molecule has 162 valence electrons. The maximum absolute atomic E-state index is 12.3. The van der Waals surface area contributed by atoms with E-state index in [1.54, 1.807) is 17.5 Å². The Morgan fingerprint density at radius 2 is 2.07 bits per heavy atom. The van der Waals surface area contributed by atoms with Crippen LogP contribution in [0.2, 0.25) is 0 Å². The summed E-state index contributed by atoms with van der Waals surface area (Å²) >= 11 is 1.17. The molecule has 0 spiro atoms. The van der Waals surface area contributed by atoms with E-state index < -0.39 is 15.9 Å². The Balaban J connectivity index is 0.00000392. The maximum atomic E-state index is 12.3. The first-order valence-electron chi connectivity index (χ1n) is 9.75. The van der Waals surface area contributed by atoms with Crippen molar-refractivity contribution in [2.24, 2.45) is 16.8 Å². The second-order valence-corrected chi connectivity index (χ2v) is 10.8. The fraction of sp³-hybridized carbons (Fsp3) is 0.737. The first-order valence-corrected chi connectivity index (χ1v) is 12.3. The molecule has 1 aliphatic carbocycles. The summed E-state index contributed by atoms with van der Waals surface area (Å²) < 4.78 is 24.8. The number of aliphatic hydroxyl groups is 1. The Morgan fingerprint density at radius 3 is 2.64 bits per heavy atom. The highest BCUT2D eigenvalue weighted by Gasteiger charge is 2.22. The second-order valence-electron chi connectivity index (χ2n) is 7.57. The van der Waals surface area contributed by atoms with Gasteiger partial charge in [0.1, 0.15) is 4.21 Å². The van der Waals surface area contributed by atoms with Gasteiger partial charge in [0.25, 0.3) is 0 Å². The highest BCUT2D eigenvalue weighted by molar-refractivity contribution is 14.0. The number of rotatable bonds is 8. The van der Waals surface area contributed by atoms with Crippen molar-refractivity contribution in [2.45, 2.75) is 49.8 Å². The SMILES string of the molecule is CCNC(=NCC(O)CS(=O)(=O)c1cccs1)N(C)CC1CCC(C)CC1.I. The zero-order chi connectivity index (χ0) is 19.9. The number of hydrogen-bond donors (Lipinski definition) is 2. The molecule has 0 aromatic carbocycles. The minimum Gasteiger partial charge on any atom is -0.390 e. The highest BCUT2D eigenvalue weighted by atomic mass is 127. The van der Waals surface area contributed by atoms with Crippen molar-refractivity contribution >= 4 is 51.1 Å². The lowest BCUT2D eigenvalue weighted by Gasteiger charge is -2.31. The monoisotopic (exact) mass is 543 g/mol. The Labute approximate surface area is 190 Å². The van der Waals surface area contributed by atoms with E-state index in [2.05, 4.69) is 22.1 Å². The van der Waals surface area contributed by atoms with E-state index in [-0.39, 0.29) is 36.3 Å². The topological polar surface area (TPSA) is 82.0 Å². The summed E-state index contributed by atoms with van der Waals surface area (Å²) in [6.07, 6.45) is 4.03. The lowest BCUT2D eigenvalue weighted by Crippen LogP contribution is -2.42. The van der Waals surface area contributed by atoms with Gasteiger partial charge >= 0.3 is 0 Å². The number of guanidine groups is 1. The van der Waals surface area contributed by atoms with Crippen LogP contribution in [0.1, 0.15) is 39.5 Å². The van der Waals surface area contributed by atoms with Crippen LogP contribution in [0.25, 0.3) is 0 Å². The molecule has 1 heterocycles. The predicted octanol–water partition coefficient (Wildman–Crippen LogP) is 3.22. The number of thiophene rings is 1. The molecule has 1 unspecified atom stereocenters. The molecule has 1 aliphatic rings. The molecule has 6 nitrogen and oxygen atoms in total. The van der Waals surface area contributed by atoms with Gasteiger partial charge in [0, 0.05) is 20.1 Å². The highest BCUT2D eigenvalue weighted by Crippen LogP contribution is 2.28. The number of aliphatic imine (C=N–C) groups is 1. The van der Waals surface area contributed by atoms with Crippen LogP contribution in [-0.4, -0.2) is 62.9 Å². The molecular formula is C19H34IN3O3S2. The van der Waals surface area contributed by atoms with Crippen molar-refractivity contribution in [2.75, 3.05) is 32.4 Å². The lowest BCUT2D eigenvalue weighted by molar-refractivity contribution is 0.205. The van der Waals surface area contributed by atoms with Gasteiger partial charge in [0.05, 0.1) is 18.4 Å². The Morgan fingerprint density at radius 1 is 1.39 bits per heavy atom. The summed E-state index contributed by atoms with van der Waals surface area (Å²) in [4.78, 5) is 6.58. The average molecular weight is 544 g/mol. The molecule has 9 heteroatoms. The number of aliphatic hydroxyl groups excluding tert-OH is 1. The minimum absolute atomic E-state index is 0. The summed E-state index contributed by atoms with van der Waals surface area (Å²) in [6, 6.07) is 3.27. The van der Waals surface area contributed by atoms with Gasteiger partial charge in [0.15, 0.2) is 15.8 Å². The molecule has 28 heavy (non-hydrogen) atoms. The number of nitrogens with one attached hydrogen (secondary N) is 1. The van der Waals surface area contributed by atoms with Crippen LogP contribution in [0.4, 0.5) is 0 Å². The van der Waals surface area contributed by atoms with Crippen LogP contribution >= 0.6 is 35.3 Å². The first kappa shape index (κ1) is 25.6. The number of hydrogen-bond acceptors (Lipinski definition) is 5. The normalized spacial score (nSPS) is 21.6. The fourth-order valence-electron chi connectivity index (χ4n) is 3.48. The molecule has 1 saturated carbocycles. The Hall–Kier alpha value is -0.390. The Bertz CT molecular complexity index is 687. The quantitative estimate of drug-likeness (QED) is 0.299. The predicted molar refractivity (Wildman–Crippen MR) is 128 cm³/mol. The van der Waals surface area contributed by atoms with Gasteiger partial charge in [-0.1, -0.05) is 25.8 Å². The van der Waals surface area contributed by atoms with E-state index in [9.17, 15) is 13.5 Å². The largest absolute Gasteiger partial charge is 0.390 e. The fourth-order valence-corrected chi connectivity index (χ4v) is 5.94. The summed E-state index contributed by atoms with van der Waals surface area (Å²) in [5.74, 6) is 1.91. The minimum atomic E-state index is -3.46.